The van der Waals surface area contributed by atoms with Crippen molar-refractivity contribution in [1.29, 1.82) is 0 Å². The number of alkyl halides is 1. The lowest BCUT2D eigenvalue weighted by atomic mass is 9.98. The molecular weight excluding hydrogens is 162 g/mol. The van der Waals surface area contributed by atoms with E-state index in [1.807, 2.05) is 0 Å². The highest BCUT2D eigenvalue weighted by Gasteiger charge is 2.74. The van der Waals surface area contributed by atoms with Crippen LogP contribution in [0.3, 0.4) is 0 Å². The highest BCUT2D eigenvalue weighted by atomic mass is 35.5. The molecule has 60 valence electrons. The van der Waals surface area contributed by atoms with Crippen LogP contribution < -0.4 is 5.73 Å². The third kappa shape index (κ3) is 0.516. The Balaban J connectivity index is 1.97. The zero-order chi connectivity index (χ0) is 7.75. The number of carbonyl (C=O) groups is 1. The van der Waals surface area contributed by atoms with Crippen LogP contribution >= 0.6 is 11.6 Å². The Kier molecular flexibility index (Phi) is 0.905. The molecule has 4 aliphatic carbocycles. The maximum atomic E-state index is 11.0. The second kappa shape index (κ2) is 1.58. The number of rotatable bonds is 1. The quantitative estimate of drug-likeness (QED) is 0.577. The van der Waals surface area contributed by atoms with Crippen LogP contribution in [0, 0.1) is 29.6 Å². The maximum absolute atomic E-state index is 11.0. The van der Waals surface area contributed by atoms with Gasteiger partial charge in [-0.15, -0.1) is 11.6 Å². The van der Waals surface area contributed by atoms with E-state index in [9.17, 15) is 4.79 Å². The van der Waals surface area contributed by atoms with Gasteiger partial charge in [-0.05, 0) is 30.1 Å². The van der Waals surface area contributed by atoms with Crippen molar-refractivity contribution in [2.45, 2.75) is 11.8 Å². The third-order valence-corrected chi connectivity index (χ3v) is 4.43. The fourth-order valence-electron chi connectivity index (χ4n) is 3.46. The second-order valence-corrected chi connectivity index (χ2v) is 4.59. The Bertz CT molecular complexity index is 242. The number of halogens is 1. The zero-order valence-electron chi connectivity index (χ0n) is 6.03. The average molecular weight is 172 g/mol. The van der Waals surface area contributed by atoms with Crippen LogP contribution in [0.4, 0.5) is 0 Å². The predicted octanol–water partition coefficient (Wildman–Crippen LogP) is 0.591. The van der Waals surface area contributed by atoms with Gasteiger partial charge in [-0.2, -0.15) is 0 Å². The summed E-state index contributed by atoms with van der Waals surface area (Å²) in [5.74, 6) is 2.44. The highest BCUT2D eigenvalue weighted by Crippen LogP contribution is 2.74. The van der Waals surface area contributed by atoms with Crippen LogP contribution in [0.5, 0.6) is 0 Å². The molecule has 0 saturated heterocycles. The molecule has 2 nitrogen and oxygen atoms in total. The number of hydrogen-bond acceptors (Lipinski definition) is 1. The molecular formula is C8H10ClNO. The molecule has 0 aromatic rings. The molecule has 0 radical (unpaired) electrons. The molecule has 4 aliphatic rings. The van der Waals surface area contributed by atoms with Gasteiger partial charge in [0.2, 0.25) is 5.91 Å². The molecule has 0 aliphatic heterocycles. The summed E-state index contributed by atoms with van der Waals surface area (Å²) in [7, 11) is 0. The molecule has 4 bridgehead atoms. The summed E-state index contributed by atoms with van der Waals surface area (Å²) in [5.41, 5.74) is 5.30. The molecule has 4 rings (SSSR count). The molecule has 4 saturated carbocycles. The molecule has 0 aromatic carbocycles. The number of carbonyl (C=O) groups excluding carboxylic acids is 1. The number of nitrogens with two attached hydrogens (primary N) is 1. The Labute approximate surface area is 70.1 Å². The summed E-state index contributed by atoms with van der Waals surface area (Å²) >= 11 is 6.13. The molecule has 0 spiro atoms. The van der Waals surface area contributed by atoms with Gasteiger partial charge in [-0.3, -0.25) is 4.79 Å². The number of primary amides is 1. The van der Waals surface area contributed by atoms with Crippen LogP contribution in [-0.4, -0.2) is 11.3 Å². The van der Waals surface area contributed by atoms with Crippen molar-refractivity contribution in [1.82, 2.24) is 0 Å². The summed E-state index contributed by atoms with van der Waals surface area (Å²) in [6, 6.07) is 0. The normalized spacial score (nSPS) is 63.4. The van der Waals surface area contributed by atoms with E-state index < -0.39 is 0 Å². The smallest absolute Gasteiger partial charge is 0.221 e. The molecule has 6 atom stereocenters. The summed E-state index contributed by atoms with van der Waals surface area (Å²) in [6.45, 7) is 0. The Morgan fingerprint density at radius 3 is 2.27 bits per heavy atom. The summed E-state index contributed by atoms with van der Waals surface area (Å²) in [4.78, 5) is 11.0. The Morgan fingerprint density at radius 1 is 1.36 bits per heavy atom. The van der Waals surface area contributed by atoms with Gasteiger partial charge in [-0.25, -0.2) is 0 Å². The molecule has 0 unspecified atom stereocenters. The first kappa shape index (κ1) is 6.30. The van der Waals surface area contributed by atoms with Crippen molar-refractivity contribution in [2.75, 3.05) is 0 Å². The largest absolute Gasteiger partial charge is 0.369 e. The molecule has 3 heteroatoms. The van der Waals surface area contributed by atoms with Crippen molar-refractivity contribution in [3.8, 4) is 0 Å². The van der Waals surface area contributed by atoms with Gasteiger partial charge in [-0.1, -0.05) is 0 Å². The van der Waals surface area contributed by atoms with Crippen molar-refractivity contribution in [3.63, 3.8) is 0 Å². The van der Waals surface area contributed by atoms with E-state index in [2.05, 4.69) is 0 Å². The Morgan fingerprint density at radius 2 is 2.09 bits per heavy atom. The van der Waals surface area contributed by atoms with E-state index in [0.717, 1.165) is 12.3 Å². The summed E-state index contributed by atoms with van der Waals surface area (Å²) in [5, 5.41) is 0.266. The summed E-state index contributed by atoms with van der Waals surface area (Å²) < 4.78 is 0. The van der Waals surface area contributed by atoms with E-state index in [0.29, 0.717) is 17.8 Å². The molecule has 11 heavy (non-hydrogen) atoms. The molecule has 4 fully saturated rings. The van der Waals surface area contributed by atoms with Crippen LogP contribution in [0.2, 0.25) is 0 Å². The fraction of sp³-hybridized carbons (Fsp3) is 0.875. The SMILES string of the molecule is NC(=O)[C@@H]1[C@H]2C[C@H]3[C@@H]([C@@H]2Cl)[C@H]31. The number of hydrogen-bond donors (Lipinski definition) is 1. The molecule has 0 heterocycles. The topological polar surface area (TPSA) is 43.1 Å². The maximum Gasteiger partial charge on any atom is 0.221 e. The standard InChI is InChI=1S/C8H10ClNO/c9-7-3-1-2-4(5(2)7)6(3)8(10)11/h2-7H,1H2,(H2,10,11)/t2-,3-,4+,5-,6-,7-/m1/s1. The monoisotopic (exact) mass is 171 g/mol. The van der Waals surface area contributed by atoms with Crippen LogP contribution in [0.25, 0.3) is 0 Å². The van der Waals surface area contributed by atoms with Gasteiger partial charge in [0.15, 0.2) is 0 Å². The Hall–Kier alpha value is -0.240. The first-order valence-electron chi connectivity index (χ1n) is 4.15. The van der Waals surface area contributed by atoms with E-state index in [4.69, 9.17) is 17.3 Å². The van der Waals surface area contributed by atoms with E-state index in [1.54, 1.807) is 0 Å². The molecule has 1 amide bonds. The van der Waals surface area contributed by atoms with Crippen LogP contribution in [-0.2, 0) is 4.79 Å². The van der Waals surface area contributed by atoms with Crippen molar-refractivity contribution < 1.29 is 4.79 Å². The number of amides is 1. The lowest BCUT2D eigenvalue weighted by Gasteiger charge is -2.11. The minimum absolute atomic E-state index is 0.117. The third-order valence-electron chi connectivity index (χ3n) is 3.82. The van der Waals surface area contributed by atoms with Crippen molar-refractivity contribution in [3.05, 3.63) is 0 Å². The van der Waals surface area contributed by atoms with Gasteiger partial charge in [0, 0.05) is 11.3 Å². The van der Waals surface area contributed by atoms with Crippen LogP contribution in [0.15, 0.2) is 0 Å². The van der Waals surface area contributed by atoms with Gasteiger partial charge in [0.1, 0.15) is 0 Å². The second-order valence-electron chi connectivity index (χ2n) is 4.09. The van der Waals surface area contributed by atoms with Gasteiger partial charge in [0.25, 0.3) is 0 Å². The highest BCUT2D eigenvalue weighted by molar-refractivity contribution is 6.22. The lowest BCUT2D eigenvalue weighted by Crippen LogP contribution is -2.27. The van der Waals surface area contributed by atoms with Gasteiger partial charge >= 0.3 is 0 Å². The van der Waals surface area contributed by atoms with E-state index >= 15 is 0 Å². The first-order valence-corrected chi connectivity index (χ1v) is 4.59. The van der Waals surface area contributed by atoms with E-state index in [-0.39, 0.29) is 17.2 Å². The predicted molar refractivity (Wildman–Crippen MR) is 40.9 cm³/mol. The average Bonchev–Trinajstić information content (AvgIpc) is 2.33. The lowest BCUT2D eigenvalue weighted by molar-refractivity contribution is -0.122. The zero-order valence-corrected chi connectivity index (χ0v) is 6.79. The summed E-state index contributed by atoms with van der Waals surface area (Å²) in [6.07, 6.45) is 1.16. The van der Waals surface area contributed by atoms with Gasteiger partial charge < -0.3 is 5.73 Å². The fourth-order valence-corrected chi connectivity index (χ4v) is 4.07. The van der Waals surface area contributed by atoms with E-state index in [1.165, 1.54) is 0 Å². The van der Waals surface area contributed by atoms with Crippen molar-refractivity contribution in [2.24, 2.45) is 35.3 Å². The first-order chi connectivity index (χ1) is 5.22. The molecule has 0 aromatic heterocycles. The van der Waals surface area contributed by atoms with Crippen molar-refractivity contribution >= 4 is 17.5 Å². The minimum atomic E-state index is -0.117. The van der Waals surface area contributed by atoms with Gasteiger partial charge in [0.05, 0.1) is 0 Å². The van der Waals surface area contributed by atoms with Crippen LogP contribution in [0.1, 0.15) is 6.42 Å². The molecule has 2 N–H and O–H groups in total. The minimum Gasteiger partial charge on any atom is -0.369 e.